The van der Waals surface area contributed by atoms with Gasteiger partial charge in [0.1, 0.15) is 0 Å². The summed E-state index contributed by atoms with van der Waals surface area (Å²) in [6.45, 7) is 8.46. The Hall–Kier alpha value is -3.50. The van der Waals surface area contributed by atoms with Crippen molar-refractivity contribution < 1.29 is 19.8 Å². The molecule has 4 nitrogen and oxygen atoms in total. The minimum absolute atomic E-state index is 0.167. The molecule has 0 saturated carbocycles. The summed E-state index contributed by atoms with van der Waals surface area (Å²) in [5.74, 6) is 10.9. The van der Waals surface area contributed by atoms with Crippen LogP contribution in [0.25, 0.3) is 0 Å². The van der Waals surface area contributed by atoms with Gasteiger partial charge in [-0.2, -0.15) is 0 Å². The van der Waals surface area contributed by atoms with E-state index in [-0.39, 0.29) is 11.1 Å². The number of hydrogen-bond donors (Lipinski definition) is 2. The van der Waals surface area contributed by atoms with Crippen molar-refractivity contribution in [2.45, 2.75) is 149 Å². The van der Waals surface area contributed by atoms with Crippen LogP contribution >= 0.6 is 0 Å². The molecule has 2 aromatic rings. The maximum atomic E-state index is 12.3. The van der Waals surface area contributed by atoms with Gasteiger partial charge in [-0.3, -0.25) is 0 Å². The lowest BCUT2D eigenvalue weighted by Gasteiger charge is -2.29. The largest absolute Gasteiger partial charge is 0.478 e. The van der Waals surface area contributed by atoms with Gasteiger partial charge in [-0.15, -0.1) is 0 Å². The quantitative estimate of drug-likeness (QED) is 0.115. The molecule has 0 saturated heterocycles. The second kappa shape index (κ2) is 21.3. The van der Waals surface area contributed by atoms with Gasteiger partial charge in [-0.1, -0.05) is 166 Å². The molecule has 0 atom stereocenters. The highest BCUT2D eigenvalue weighted by molar-refractivity contribution is 5.93. The van der Waals surface area contributed by atoms with Crippen molar-refractivity contribution in [1.29, 1.82) is 0 Å². The summed E-state index contributed by atoms with van der Waals surface area (Å²) in [7, 11) is 0. The molecule has 0 amide bonds. The Balaban J connectivity index is 2.28. The number of carbonyl (C=O) groups is 2. The summed E-state index contributed by atoms with van der Waals surface area (Å²) in [4.78, 5) is 24.6. The number of carboxylic acid groups (broad SMARTS) is 2. The van der Waals surface area contributed by atoms with Gasteiger partial charge >= 0.3 is 11.9 Å². The highest BCUT2D eigenvalue weighted by Gasteiger charge is 2.31. The fourth-order valence-corrected chi connectivity index (χ4v) is 5.91. The van der Waals surface area contributed by atoms with E-state index >= 15 is 0 Å². The van der Waals surface area contributed by atoms with Crippen molar-refractivity contribution >= 4 is 11.9 Å². The Morgan fingerprint density at radius 1 is 0.556 bits per heavy atom. The molecule has 244 valence electrons. The summed E-state index contributed by atoms with van der Waals surface area (Å²) >= 11 is 0. The molecule has 2 rings (SSSR count). The predicted octanol–water partition coefficient (Wildman–Crippen LogP) is 11.2. The van der Waals surface area contributed by atoms with Crippen molar-refractivity contribution in [2.24, 2.45) is 0 Å². The lowest BCUT2D eigenvalue weighted by atomic mass is 9.73. The van der Waals surface area contributed by atoms with Crippen LogP contribution in [0.4, 0.5) is 0 Å². The first-order valence-electron chi connectivity index (χ1n) is 17.5. The first-order valence-corrected chi connectivity index (χ1v) is 17.5. The molecular formula is C41H56O4. The lowest BCUT2D eigenvalue weighted by molar-refractivity contribution is 0.0685. The zero-order valence-electron chi connectivity index (χ0n) is 28.4. The standard InChI is InChI=1S/C41H56O4/c1-5-7-9-11-13-15-17-19-21-23-27-33-35(39(42)43)29-25-31-37(33)41(3,4)38-32-26-30-36(40(44)45)34(38)28-24-22-20-18-16-14-12-10-8-6-2/h25-26,29-32H,5-22H2,1-4H3,(H,42,43)(H,44,45). The van der Waals surface area contributed by atoms with Crippen LogP contribution in [0.1, 0.15) is 186 Å². The zero-order valence-corrected chi connectivity index (χ0v) is 28.4. The van der Waals surface area contributed by atoms with E-state index in [1.807, 2.05) is 26.0 Å². The molecule has 0 aliphatic rings. The van der Waals surface area contributed by atoms with Crippen LogP contribution in [0.2, 0.25) is 0 Å². The SMILES string of the molecule is CCCCCCCCCCC#Cc1c(C(=O)O)cccc1C(C)(C)c1cccc(C(=O)O)c1C#CCCCCCCCCCC. The number of rotatable bonds is 20. The minimum atomic E-state index is -1.02. The van der Waals surface area contributed by atoms with Crippen molar-refractivity contribution in [3.63, 3.8) is 0 Å². The molecule has 0 radical (unpaired) electrons. The van der Waals surface area contributed by atoms with E-state index in [4.69, 9.17) is 0 Å². The molecule has 4 heteroatoms. The fraction of sp³-hybridized carbons (Fsp3) is 0.561. The van der Waals surface area contributed by atoms with Crippen molar-refractivity contribution in [3.05, 3.63) is 69.8 Å². The molecule has 0 aliphatic heterocycles. The molecule has 0 bridgehead atoms. The number of unbranched alkanes of at least 4 members (excludes halogenated alkanes) is 16. The lowest BCUT2D eigenvalue weighted by Crippen LogP contribution is -2.24. The molecule has 0 fully saturated rings. The molecule has 0 aromatic heterocycles. The number of carboxylic acids is 2. The van der Waals surface area contributed by atoms with Crippen LogP contribution in [0.3, 0.4) is 0 Å². The monoisotopic (exact) mass is 612 g/mol. The fourth-order valence-electron chi connectivity index (χ4n) is 5.91. The Morgan fingerprint density at radius 2 is 0.889 bits per heavy atom. The minimum Gasteiger partial charge on any atom is -0.478 e. The Morgan fingerprint density at radius 3 is 1.22 bits per heavy atom. The molecule has 45 heavy (non-hydrogen) atoms. The maximum Gasteiger partial charge on any atom is 0.336 e. The van der Waals surface area contributed by atoms with Gasteiger partial charge < -0.3 is 10.2 Å². The van der Waals surface area contributed by atoms with E-state index < -0.39 is 17.4 Å². The summed E-state index contributed by atoms with van der Waals surface area (Å²) < 4.78 is 0. The van der Waals surface area contributed by atoms with Gasteiger partial charge in [0.25, 0.3) is 0 Å². The molecular weight excluding hydrogens is 556 g/mol. The summed E-state index contributed by atoms with van der Waals surface area (Å²) in [5, 5.41) is 20.1. The van der Waals surface area contributed by atoms with E-state index in [1.54, 1.807) is 24.3 Å². The van der Waals surface area contributed by atoms with Gasteiger partial charge in [0.15, 0.2) is 0 Å². The first kappa shape index (κ1) is 37.7. The average Bonchev–Trinajstić information content (AvgIpc) is 3.02. The van der Waals surface area contributed by atoms with Gasteiger partial charge in [0.2, 0.25) is 0 Å². The number of hydrogen-bond acceptors (Lipinski definition) is 2. The molecule has 0 unspecified atom stereocenters. The molecule has 0 heterocycles. The van der Waals surface area contributed by atoms with Gasteiger partial charge in [0.05, 0.1) is 11.1 Å². The maximum absolute atomic E-state index is 12.3. The highest BCUT2D eigenvalue weighted by atomic mass is 16.4. The normalized spacial score (nSPS) is 10.9. The smallest absolute Gasteiger partial charge is 0.336 e. The first-order chi connectivity index (χ1) is 21.8. The zero-order chi connectivity index (χ0) is 32.9. The van der Waals surface area contributed by atoms with Gasteiger partial charge in [-0.05, 0) is 36.1 Å². The third kappa shape index (κ3) is 12.8. The van der Waals surface area contributed by atoms with E-state index in [9.17, 15) is 19.8 Å². The van der Waals surface area contributed by atoms with E-state index in [0.717, 1.165) is 36.8 Å². The third-order valence-electron chi connectivity index (χ3n) is 8.67. The van der Waals surface area contributed by atoms with Crippen LogP contribution < -0.4 is 0 Å². The van der Waals surface area contributed by atoms with Crippen LogP contribution in [-0.2, 0) is 5.41 Å². The second-order valence-corrected chi connectivity index (χ2v) is 12.7. The van der Waals surface area contributed by atoms with Crippen LogP contribution in [0.15, 0.2) is 36.4 Å². The van der Waals surface area contributed by atoms with Crippen molar-refractivity contribution in [2.75, 3.05) is 0 Å². The Kier molecular flexibility index (Phi) is 17.8. The molecule has 2 aromatic carbocycles. The summed E-state index contributed by atoms with van der Waals surface area (Å²) in [5.41, 5.74) is 2.11. The van der Waals surface area contributed by atoms with Crippen molar-refractivity contribution in [1.82, 2.24) is 0 Å². The van der Waals surface area contributed by atoms with E-state index in [2.05, 4.69) is 37.5 Å². The van der Waals surface area contributed by atoms with Gasteiger partial charge in [0, 0.05) is 29.4 Å². The van der Waals surface area contributed by atoms with Crippen LogP contribution in [0.5, 0.6) is 0 Å². The Bertz CT molecular complexity index is 1230. The molecule has 0 aliphatic carbocycles. The van der Waals surface area contributed by atoms with E-state index in [0.29, 0.717) is 24.0 Å². The van der Waals surface area contributed by atoms with Crippen LogP contribution in [0, 0.1) is 23.7 Å². The van der Waals surface area contributed by atoms with Crippen LogP contribution in [-0.4, -0.2) is 22.2 Å². The molecule has 2 N–H and O–H groups in total. The third-order valence-corrected chi connectivity index (χ3v) is 8.67. The van der Waals surface area contributed by atoms with Crippen molar-refractivity contribution in [3.8, 4) is 23.7 Å². The number of aromatic carboxylic acids is 2. The Labute approximate surface area is 273 Å². The summed E-state index contributed by atoms with van der Waals surface area (Å²) in [6.07, 6.45) is 20.9. The van der Waals surface area contributed by atoms with E-state index in [1.165, 1.54) is 77.0 Å². The second-order valence-electron chi connectivity index (χ2n) is 12.7. The van der Waals surface area contributed by atoms with Gasteiger partial charge in [-0.25, -0.2) is 9.59 Å². The summed E-state index contributed by atoms with van der Waals surface area (Å²) in [6, 6.07) is 10.5. The number of benzene rings is 2. The average molecular weight is 613 g/mol. The topological polar surface area (TPSA) is 74.6 Å². The molecule has 0 spiro atoms. The highest BCUT2D eigenvalue weighted by Crippen LogP contribution is 2.37. The predicted molar refractivity (Wildman–Crippen MR) is 187 cm³/mol.